The molecule has 1 aromatic carbocycles. The maximum Gasteiger partial charge on any atom is 0.333 e. The Morgan fingerprint density at radius 3 is 2.53 bits per heavy atom. The van der Waals surface area contributed by atoms with Crippen molar-refractivity contribution in [2.75, 3.05) is 14.2 Å². The fraction of sp³-hybridized carbons (Fsp3) is 0.308. The van der Waals surface area contributed by atoms with E-state index in [1.165, 1.54) is 0 Å². The molecule has 0 radical (unpaired) electrons. The van der Waals surface area contributed by atoms with Crippen LogP contribution in [0.3, 0.4) is 0 Å². The predicted molar refractivity (Wildman–Crippen MR) is 64.2 cm³/mol. The zero-order valence-corrected chi connectivity index (χ0v) is 10.3. The van der Waals surface area contributed by atoms with Gasteiger partial charge in [-0.1, -0.05) is 18.7 Å². The van der Waals surface area contributed by atoms with Crippen molar-refractivity contribution < 1.29 is 19.0 Å². The SMILES string of the molecule is C=C(C)C(=O)OCc1cccc(OC)c1OC. The Morgan fingerprint density at radius 2 is 2.00 bits per heavy atom. The Bertz CT molecular complexity index is 423. The van der Waals surface area contributed by atoms with Crippen LogP contribution in [0.2, 0.25) is 0 Å². The number of ether oxygens (including phenoxy) is 3. The topological polar surface area (TPSA) is 44.8 Å². The first-order valence-corrected chi connectivity index (χ1v) is 5.12. The van der Waals surface area contributed by atoms with Crippen molar-refractivity contribution in [3.63, 3.8) is 0 Å². The van der Waals surface area contributed by atoms with E-state index in [0.717, 1.165) is 5.56 Å². The van der Waals surface area contributed by atoms with Gasteiger partial charge in [0.2, 0.25) is 0 Å². The van der Waals surface area contributed by atoms with Crippen molar-refractivity contribution >= 4 is 5.97 Å². The number of hydrogen-bond donors (Lipinski definition) is 0. The van der Waals surface area contributed by atoms with Gasteiger partial charge in [-0.15, -0.1) is 0 Å². The molecule has 0 unspecified atom stereocenters. The molecule has 0 amide bonds. The van der Waals surface area contributed by atoms with E-state index in [4.69, 9.17) is 14.2 Å². The number of benzene rings is 1. The third-order valence-electron chi connectivity index (χ3n) is 2.19. The molecule has 0 heterocycles. The zero-order valence-electron chi connectivity index (χ0n) is 10.3. The van der Waals surface area contributed by atoms with Gasteiger partial charge in [-0.25, -0.2) is 4.79 Å². The molecule has 17 heavy (non-hydrogen) atoms. The maximum atomic E-state index is 11.3. The summed E-state index contributed by atoms with van der Waals surface area (Å²) in [7, 11) is 3.10. The molecule has 1 rings (SSSR count). The van der Waals surface area contributed by atoms with Crippen molar-refractivity contribution in [1.82, 2.24) is 0 Å². The van der Waals surface area contributed by atoms with Crippen LogP contribution in [-0.4, -0.2) is 20.2 Å². The van der Waals surface area contributed by atoms with Gasteiger partial charge in [-0.05, 0) is 13.0 Å². The molecular weight excluding hydrogens is 220 g/mol. The molecule has 1 aromatic rings. The van der Waals surface area contributed by atoms with Crippen LogP contribution in [0.25, 0.3) is 0 Å². The molecule has 0 bridgehead atoms. The minimum atomic E-state index is -0.421. The van der Waals surface area contributed by atoms with Gasteiger partial charge in [0.05, 0.1) is 14.2 Å². The fourth-order valence-electron chi connectivity index (χ4n) is 1.33. The van der Waals surface area contributed by atoms with E-state index in [0.29, 0.717) is 17.1 Å². The smallest absolute Gasteiger partial charge is 0.333 e. The minimum Gasteiger partial charge on any atom is -0.493 e. The second-order valence-corrected chi connectivity index (χ2v) is 3.51. The van der Waals surface area contributed by atoms with E-state index >= 15 is 0 Å². The Labute approximate surface area is 101 Å². The predicted octanol–water partition coefficient (Wildman–Crippen LogP) is 2.32. The van der Waals surface area contributed by atoms with Crippen LogP contribution in [0, 0.1) is 0 Å². The van der Waals surface area contributed by atoms with Crippen LogP contribution in [0.5, 0.6) is 11.5 Å². The third-order valence-corrected chi connectivity index (χ3v) is 2.19. The largest absolute Gasteiger partial charge is 0.493 e. The van der Waals surface area contributed by atoms with E-state index in [1.807, 2.05) is 12.1 Å². The summed E-state index contributed by atoms with van der Waals surface area (Å²) in [6.07, 6.45) is 0. The number of rotatable bonds is 5. The summed E-state index contributed by atoms with van der Waals surface area (Å²) >= 11 is 0. The molecule has 0 N–H and O–H groups in total. The maximum absolute atomic E-state index is 11.3. The number of hydrogen-bond acceptors (Lipinski definition) is 4. The summed E-state index contributed by atoms with van der Waals surface area (Å²) in [5, 5.41) is 0. The van der Waals surface area contributed by atoms with Crippen molar-refractivity contribution in [2.24, 2.45) is 0 Å². The summed E-state index contributed by atoms with van der Waals surface area (Å²) in [5.41, 5.74) is 1.12. The summed E-state index contributed by atoms with van der Waals surface area (Å²) in [5.74, 6) is 0.760. The van der Waals surface area contributed by atoms with Crippen LogP contribution in [0.15, 0.2) is 30.4 Å². The van der Waals surface area contributed by atoms with Crippen molar-refractivity contribution in [2.45, 2.75) is 13.5 Å². The van der Waals surface area contributed by atoms with Gasteiger partial charge < -0.3 is 14.2 Å². The molecule has 0 aliphatic heterocycles. The van der Waals surface area contributed by atoms with E-state index < -0.39 is 5.97 Å². The Balaban J connectivity index is 2.84. The molecule has 0 fully saturated rings. The van der Waals surface area contributed by atoms with Crippen LogP contribution in [0.4, 0.5) is 0 Å². The highest BCUT2D eigenvalue weighted by atomic mass is 16.5. The average molecular weight is 236 g/mol. The lowest BCUT2D eigenvalue weighted by Gasteiger charge is -2.12. The number of carbonyl (C=O) groups is 1. The quantitative estimate of drug-likeness (QED) is 0.581. The third kappa shape index (κ3) is 3.24. The molecule has 0 saturated carbocycles. The van der Waals surface area contributed by atoms with Crippen LogP contribution in [0.1, 0.15) is 12.5 Å². The van der Waals surface area contributed by atoms with Crippen LogP contribution >= 0.6 is 0 Å². The lowest BCUT2D eigenvalue weighted by molar-refractivity contribution is -0.140. The van der Waals surface area contributed by atoms with E-state index in [1.54, 1.807) is 27.2 Å². The molecule has 0 aromatic heterocycles. The van der Waals surface area contributed by atoms with Crippen molar-refractivity contribution in [1.29, 1.82) is 0 Å². The van der Waals surface area contributed by atoms with Gasteiger partial charge in [0.25, 0.3) is 0 Å². The summed E-state index contributed by atoms with van der Waals surface area (Å²) in [6, 6.07) is 5.40. The highest BCUT2D eigenvalue weighted by Crippen LogP contribution is 2.31. The molecule has 0 saturated heterocycles. The Hall–Kier alpha value is -1.97. The van der Waals surface area contributed by atoms with Crippen LogP contribution < -0.4 is 9.47 Å². The van der Waals surface area contributed by atoms with Gasteiger partial charge in [-0.3, -0.25) is 0 Å². The van der Waals surface area contributed by atoms with Gasteiger partial charge in [0, 0.05) is 11.1 Å². The van der Waals surface area contributed by atoms with Gasteiger partial charge >= 0.3 is 5.97 Å². The molecule has 4 nitrogen and oxygen atoms in total. The standard InChI is InChI=1S/C13H16O4/c1-9(2)13(14)17-8-10-6-5-7-11(15-3)12(10)16-4/h5-7H,1,8H2,2-4H3. The summed E-state index contributed by atoms with van der Waals surface area (Å²) in [6.45, 7) is 5.25. The normalized spacial score (nSPS) is 9.59. The molecule has 0 aliphatic carbocycles. The minimum absolute atomic E-state index is 0.131. The first-order chi connectivity index (χ1) is 8.10. The zero-order chi connectivity index (χ0) is 12.8. The number of carbonyl (C=O) groups excluding carboxylic acids is 1. The molecular formula is C13H16O4. The average Bonchev–Trinajstić information content (AvgIpc) is 2.34. The Kier molecular flexibility index (Phi) is 4.57. The van der Waals surface area contributed by atoms with E-state index in [-0.39, 0.29) is 6.61 Å². The fourth-order valence-corrected chi connectivity index (χ4v) is 1.33. The molecule has 0 atom stereocenters. The first kappa shape index (κ1) is 13.1. The lowest BCUT2D eigenvalue weighted by atomic mass is 10.2. The lowest BCUT2D eigenvalue weighted by Crippen LogP contribution is -2.06. The number of esters is 1. The number of methoxy groups -OCH3 is 2. The van der Waals surface area contributed by atoms with E-state index in [9.17, 15) is 4.79 Å². The molecule has 0 spiro atoms. The van der Waals surface area contributed by atoms with Crippen LogP contribution in [-0.2, 0) is 16.1 Å². The van der Waals surface area contributed by atoms with E-state index in [2.05, 4.69) is 6.58 Å². The van der Waals surface area contributed by atoms with Crippen molar-refractivity contribution in [3.05, 3.63) is 35.9 Å². The second kappa shape index (κ2) is 5.94. The summed E-state index contributed by atoms with van der Waals surface area (Å²) in [4.78, 5) is 11.3. The summed E-state index contributed by atoms with van der Waals surface area (Å²) < 4.78 is 15.4. The van der Waals surface area contributed by atoms with Gasteiger partial charge in [-0.2, -0.15) is 0 Å². The monoisotopic (exact) mass is 236 g/mol. The van der Waals surface area contributed by atoms with Gasteiger partial charge in [0.1, 0.15) is 6.61 Å². The highest BCUT2D eigenvalue weighted by Gasteiger charge is 2.11. The molecule has 4 heteroatoms. The molecule has 92 valence electrons. The van der Waals surface area contributed by atoms with Gasteiger partial charge in [0.15, 0.2) is 11.5 Å². The first-order valence-electron chi connectivity index (χ1n) is 5.12. The van der Waals surface area contributed by atoms with Crippen molar-refractivity contribution in [3.8, 4) is 11.5 Å². The second-order valence-electron chi connectivity index (χ2n) is 3.51. The molecule has 0 aliphatic rings. The number of para-hydroxylation sites is 1. The highest BCUT2D eigenvalue weighted by molar-refractivity contribution is 5.86. The Morgan fingerprint density at radius 1 is 1.29 bits per heavy atom.